The topological polar surface area (TPSA) is 144 Å². The molecule has 0 bridgehead atoms. The van der Waals surface area contributed by atoms with Crippen molar-refractivity contribution in [3.05, 3.63) is 6.20 Å². The number of ether oxygens (including phenoxy) is 1. The fraction of sp³-hybridized carbons (Fsp3) is 0.357. The van der Waals surface area contributed by atoms with Crippen LogP contribution in [0.3, 0.4) is 0 Å². The first-order chi connectivity index (χ1) is 11.5. The molecule has 128 valence electrons. The van der Waals surface area contributed by atoms with Crippen LogP contribution in [0.1, 0.15) is 13.8 Å². The Bertz CT molecular complexity index is 779. The van der Waals surface area contributed by atoms with Crippen LogP contribution in [0, 0.1) is 0 Å². The quantitative estimate of drug-likeness (QED) is 0.591. The van der Waals surface area contributed by atoms with E-state index in [0.29, 0.717) is 35.8 Å². The largest absolute Gasteiger partial charge is 0.494 e. The van der Waals surface area contributed by atoms with Gasteiger partial charge in [0, 0.05) is 33.1 Å². The minimum atomic E-state index is -0.342. The van der Waals surface area contributed by atoms with Crippen LogP contribution in [0.15, 0.2) is 6.20 Å². The molecule has 0 saturated heterocycles. The maximum absolute atomic E-state index is 11.5. The highest BCUT2D eigenvalue weighted by Gasteiger charge is 2.19. The number of nitrogens with one attached hydrogen (secondary N) is 3. The van der Waals surface area contributed by atoms with E-state index < -0.39 is 0 Å². The van der Waals surface area contributed by atoms with Gasteiger partial charge in [-0.1, -0.05) is 0 Å². The molecule has 2 heterocycles. The van der Waals surface area contributed by atoms with E-state index in [-0.39, 0.29) is 23.3 Å². The normalized spacial score (nSPS) is 10.3. The van der Waals surface area contributed by atoms with Crippen LogP contribution in [-0.2, 0) is 9.59 Å². The molecule has 2 rings (SSSR count). The number of methoxy groups -OCH3 is 1. The summed E-state index contributed by atoms with van der Waals surface area (Å²) in [6, 6.07) is 0. The van der Waals surface area contributed by atoms with E-state index in [1.54, 1.807) is 0 Å². The van der Waals surface area contributed by atoms with E-state index in [2.05, 4.69) is 30.9 Å². The van der Waals surface area contributed by atoms with Gasteiger partial charge in [-0.3, -0.25) is 9.59 Å². The van der Waals surface area contributed by atoms with Gasteiger partial charge in [0.15, 0.2) is 17.2 Å². The summed E-state index contributed by atoms with van der Waals surface area (Å²) in [6.07, 6.45) is 1.52. The van der Waals surface area contributed by atoms with Crippen molar-refractivity contribution in [3.63, 3.8) is 0 Å². The molecule has 10 heteroatoms. The Morgan fingerprint density at radius 3 is 2.50 bits per heavy atom. The van der Waals surface area contributed by atoms with Crippen LogP contribution in [-0.4, -0.2) is 47.0 Å². The Morgan fingerprint density at radius 1 is 1.21 bits per heavy atom. The van der Waals surface area contributed by atoms with E-state index in [9.17, 15) is 9.59 Å². The molecule has 0 aliphatic carbocycles. The summed E-state index contributed by atoms with van der Waals surface area (Å²) >= 11 is 0. The highest BCUT2D eigenvalue weighted by Crippen LogP contribution is 2.37. The van der Waals surface area contributed by atoms with Crippen LogP contribution in [0.5, 0.6) is 5.75 Å². The van der Waals surface area contributed by atoms with Crippen LogP contribution < -0.4 is 26.4 Å². The van der Waals surface area contributed by atoms with Gasteiger partial charge in [0.05, 0.1) is 12.5 Å². The number of fused-ring (bicyclic) bond motifs is 1. The van der Waals surface area contributed by atoms with Gasteiger partial charge in [-0.2, -0.15) is 4.98 Å². The average molecular weight is 333 g/mol. The summed E-state index contributed by atoms with van der Waals surface area (Å²) in [7, 11) is 1.44. The fourth-order valence-corrected chi connectivity index (χ4v) is 2.05. The lowest BCUT2D eigenvalue weighted by atomic mass is 10.2. The lowest BCUT2D eigenvalue weighted by Crippen LogP contribution is -2.16. The second kappa shape index (κ2) is 7.51. The number of hydrogen-bond acceptors (Lipinski definition) is 8. The van der Waals surface area contributed by atoms with Crippen molar-refractivity contribution in [2.75, 3.05) is 36.1 Å². The summed E-state index contributed by atoms with van der Waals surface area (Å²) in [5, 5.41) is 8.61. The van der Waals surface area contributed by atoms with Crippen molar-refractivity contribution in [1.29, 1.82) is 0 Å². The molecule has 24 heavy (non-hydrogen) atoms. The molecule has 0 fully saturated rings. The number of amides is 2. The van der Waals surface area contributed by atoms with Crippen molar-refractivity contribution in [2.24, 2.45) is 5.73 Å². The Hall–Kier alpha value is -3.01. The third-order valence-electron chi connectivity index (χ3n) is 2.92. The van der Waals surface area contributed by atoms with Gasteiger partial charge >= 0.3 is 0 Å². The minimum absolute atomic E-state index is 0.144. The number of aromatic nitrogens is 3. The highest BCUT2D eigenvalue weighted by atomic mass is 16.5. The van der Waals surface area contributed by atoms with Crippen molar-refractivity contribution in [2.45, 2.75) is 13.8 Å². The summed E-state index contributed by atoms with van der Waals surface area (Å²) < 4.78 is 5.38. The molecular weight excluding hydrogens is 314 g/mol. The van der Waals surface area contributed by atoms with Gasteiger partial charge < -0.3 is 26.4 Å². The monoisotopic (exact) mass is 333 g/mol. The molecular formula is C14H19N7O3. The molecule has 2 amide bonds. The highest BCUT2D eigenvalue weighted by molar-refractivity contribution is 6.04. The molecule has 0 aliphatic rings. The third kappa shape index (κ3) is 3.84. The molecule has 0 saturated carbocycles. The van der Waals surface area contributed by atoms with Crippen molar-refractivity contribution in [3.8, 4) is 5.75 Å². The second-order valence-corrected chi connectivity index (χ2v) is 4.88. The second-order valence-electron chi connectivity index (χ2n) is 4.88. The molecule has 10 nitrogen and oxygen atoms in total. The number of nitrogens with zero attached hydrogens (tertiary/aromatic N) is 3. The summed E-state index contributed by atoms with van der Waals surface area (Å²) in [4.78, 5) is 35.6. The van der Waals surface area contributed by atoms with Crippen LogP contribution in [0.4, 0.5) is 17.5 Å². The summed E-state index contributed by atoms with van der Waals surface area (Å²) in [5.41, 5.74) is 5.99. The predicted molar refractivity (Wildman–Crippen MR) is 90.0 cm³/mol. The van der Waals surface area contributed by atoms with Gasteiger partial charge in [-0.15, -0.1) is 0 Å². The van der Waals surface area contributed by atoms with Gasteiger partial charge in [-0.05, 0) is 0 Å². The number of hydrogen-bond donors (Lipinski definition) is 4. The number of carbonyl (C=O) groups is 2. The maximum Gasteiger partial charge on any atom is 0.224 e. The first kappa shape index (κ1) is 17.3. The number of pyridine rings is 1. The zero-order valence-corrected chi connectivity index (χ0v) is 13.6. The lowest BCUT2D eigenvalue weighted by molar-refractivity contribution is -0.115. The average Bonchev–Trinajstić information content (AvgIpc) is 2.52. The van der Waals surface area contributed by atoms with Crippen LogP contribution in [0.25, 0.3) is 11.0 Å². The van der Waals surface area contributed by atoms with Crippen molar-refractivity contribution in [1.82, 2.24) is 15.0 Å². The van der Waals surface area contributed by atoms with Crippen molar-refractivity contribution >= 4 is 40.3 Å². The minimum Gasteiger partial charge on any atom is -0.494 e. The van der Waals surface area contributed by atoms with Crippen LogP contribution >= 0.6 is 0 Å². The molecule has 0 spiro atoms. The Labute approximate surface area is 138 Å². The van der Waals surface area contributed by atoms with Gasteiger partial charge in [-0.25, -0.2) is 9.97 Å². The Kier molecular flexibility index (Phi) is 5.42. The third-order valence-corrected chi connectivity index (χ3v) is 2.92. The zero-order chi connectivity index (χ0) is 17.7. The van der Waals surface area contributed by atoms with Gasteiger partial charge in [0.2, 0.25) is 17.8 Å². The number of nitrogens with two attached hydrogens (primary N) is 1. The molecule has 5 N–H and O–H groups in total. The number of carbonyl (C=O) groups excluding carboxylic acids is 2. The molecule has 2 aromatic heterocycles. The van der Waals surface area contributed by atoms with E-state index in [0.717, 1.165) is 0 Å². The van der Waals surface area contributed by atoms with Gasteiger partial charge in [0.25, 0.3) is 0 Å². The van der Waals surface area contributed by atoms with E-state index >= 15 is 0 Å². The Morgan fingerprint density at radius 2 is 1.92 bits per heavy atom. The fourth-order valence-electron chi connectivity index (χ4n) is 2.05. The first-order valence-electron chi connectivity index (χ1n) is 7.20. The molecule has 0 aliphatic heterocycles. The zero-order valence-electron chi connectivity index (χ0n) is 13.6. The molecule has 0 atom stereocenters. The SMILES string of the molecule is COc1c(NC(C)=O)c(NC(C)=O)nc2nc(NCCN)ncc12. The lowest BCUT2D eigenvalue weighted by Gasteiger charge is -2.16. The standard InChI is InChI=1S/C14H19N7O3/c1-7(22)18-10-11(24-3)9-6-17-14(16-5-4-15)21-12(9)20-13(10)19-8(2)23/h6H,4-5,15H2,1-3H3,(H,18,22)(H2,16,17,19,20,21,23). The van der Waals surface area contributed by atoms with Gasteiger partial charge in [0.1, 0.15) is 5.69 Å². The first-order valence-corrected chi connectivity index (χ1v) is 7.20. The smallest absolute Gasteiger partial charge is 0.224 e. The summed E-state index contributed by atoms with van der Waals surface area (Å²) in [5.74, 6) is 0.132. The molecule has 2 aromatic rings. The van der Waals surface area contributed by atoms with E-state index in [1.165, 1.54) is 27.2 Å². The Balaban J connectivity index is 2.63. The number of anilines is 3. The number of rotatable bonds is 6. The van der Waals surface area contributed by atoms with Crippen molar-refractivity contribution < 1.29 is 14.3 Å². The van der Waals surface area contributed by atoms with E-state index in [1.807, 2.05) is 0 Å². The molecule has 0 radical (unpaired) electrons. The van der Waals surface area contributed by atoms with E-state index in [4.69, 9.17) is 10.5 Å². The maximum atomic E-state index is 11.5. The molecule has 0 aromatic carbocycles. The van der Waals surface area contributed by atoms with Crippen LogP contribution in [0.2, 0.25) is 0 Å². The molecule has 0 unspecified atom stereocenters. The summed E-state index contributed by atoms with van der Waals surface area (Å²) in [6.45, 7) is 3.61. The predicted octanol–water partition coefficient (Wildman–Crippen LogP) is 0.321.